The summed E-state index contributed by atoms with van der Waals surface area (Å²) in [5, 5.41) is 0. The first-order valence-corrected chi connectivity index (χ1v) is 8.74. The number of thioether (sulfide) groups is 1. The highest BCUT2D eigenvalue weighted by Crippen LogP contribution is 2.35. The Bertz CT molecular complexity index is 336. The predicted octanol–water partition coefficient (Wildman–Crippen LogP) is 5.78. The number of carbonyl (C=O) groups excluding carboxylic acids is 1. The van der Waals surface area contributed by atoms with Gasteiger partial charge < -0.3 is 0 Å². The van der Waals surface area contributed by atoms with Gasteiger partial charge in [0.2, 0.25) is 0 Å². The number of carbonyl (C=O) groups is 1. The Morgan fingerprint density at radius 1 is 1.29 bits per heavy atom. The normalized spacial score (nSPS) is 10.7. The van der Waals surface area contributed by atoms with Crippen LogP contribution >= 0.6 is 39.0 Å². The summed E-state index contributed by atoms with van der Waals surface area (Å²) >= 11 is 6.87. The van der Waals surface area contributed by atoms with E-state index < -0.39 is 0 Å². The third kappa shape index (κ3) is 6.07. The van der Waals surface area contributed by atoms with Crippen molar-refractivity contribution in [3.8, 4) is 0 Å². The van der Waals surface area contributed by atoms with Crippen LogP contribution in [0.4, 0.5) is 0 Å². The molecule has 0 saturated heterocycles. The van der Waals surface area contributed by atoms with Gasteiger partial charge in [-0.05, 0) is 34.2 Å². The average molecular weight is 335 g/mol. The van der Waals surface area contributed by atoms with Crippen LogP contribution in [0.3, 0.4) is 0 Å². The first-order chi connectivity index (χ1) is 8.27. The van der Waals surface area contributed by atoms with E-state index in [9.17, 15) is 4.79 Å². The summed E-state index contributed by atoms with van der Waals surface area (Å²) in [5.41, 5.74) is 0. The Kier molecular flexibility index (Phi) is 8.23. The second-order valence-electron chi connectivity index (χ2n) is 4.02. The molecular weight excluding hydrogens is 316 g/mol. The molecule has 0 fully saturated rings. The number of rotatable bonds is 9. The van der Waals surface area contributed by atoms with E-state index >= 15 is 0 Å². The fourth-order valence-electron chi connectivity index (χ4n) is 1.59. The van der Waals surface area contributed by atoms with Crippen LogP contribution in [-0.2, 0) is 0 Å². The minimum Gasteiger partial charge on any atom is -0.297 e. The van der Waals surface area contributed by atoms with Crippen molar-refractivity contribution in [1.29, 1.82) is 0 Å². The van der Waals surface area contributed by atoms with E-state index in [2.05, 4.69) is 22.9 Å². The molecule has 4 heteroatoms. The van der Waals surface area contributed by atoms with Gasteiger partial charge in [0.15, 0.2) is 6.29 Å². The molecule has 0 aromatic carbocycles. The van der Waals surface area contributed by atoms with Crippen molar-refractivity contribution in [2.75, 3.05) is 5.75 Å². The van der Waals surface area contributed by atoms with Crippen LogP contribution in [0.5, 0.6) is 0 Å². The number of thiophene rings is 1. The zero-order valence-corrected chi connectivity index (χ0v) is 13.4. The monoisotopic (exact) mass is 334 g/mol. The first-order valence-electron chi connectivity index (χ1n) is 6.15. The van der Waals surface area contributed by atoms with Crippen molar-refractivity contribution in [2.45, 2.75) is 50.3 Å². The number of unbranched alkanes of at least 4 members (excludes halogenated alkanes) is 5. The van der Waals surface area contributed by atoms with Crippen LogP contribution in [0.2, 0.25) is 0 Å². The molecule has 0 bridgehead atoms. The fraction of sp³-hybridized carbons (Fsp3) is 0.615. The first kappa shape index (κ1) is 15.3. The molecule has 0 aliphatic rings. The van der Waals surface area contributed by atoms with E-state index in [1.807, 2.05) is 17.8 Å². The summed E-state index contributed by atoms with van der Waals surface area (Å²) in [5.74, 6) is 1.15. The van der Waals surface area contributed by atoms with Crippen LogP contribution in [0, 0.1) is 0 Å². The molecule has 0 aliphatic heterocycles. The summed E-state index contributed by atoms with van der Waals surface area (Å²) in [6.07, 6.45) is 8.93. The van der Waals surface area contributed by atoms with E-state index in [1.165, 1.54) is 54.8 Å². The number of hydrogen-bond donors (Lipinski definition) is 0. The Morgan fingerprint density at radius 3 is 2.65 bits per heavy atom. The Labute approximate surface area is 121 Å². The Balaban J connectivity index is 2.13. The Hall–Kier alpha value is 0.200. The third-order valence-corrected chi connectivity index (χ3v) is 5.83. The topological polar surface area (TPSA) is 17.1 Å². The van der Waals surface area contributed by atoms with Crippen LogP contribution in [0.25, 0.3) is 0 Å². The molecule has 1 aromatic heterocycles. The molecule has 0 atom stereocenters. The second-order valence-corrected chi connectivity index (χ2v) is 7.56. The van der Waals surface area contributed by atoms with Crippen molar-refractivity contribution in [1.82, 2.24) is 0 Å². The lowest BCUT2D eigenvalue weighted by Gasteiger charge is -2.00. The Morgan fingerprint density at radius 2 is 2.00 bits per heavy atom. The van der Waals surface area contributed by atoms with Crippen molar-refractivity contribution < 1.29 is 4.79 Å². The van der Waals surface area contributed by atoms with E-state index in [4.69, 9.17) is 0 Å². The molecular formula is C13H19BrOS2. The summed E-state index contributed by atoms with van der Waals surface area (Å²) in [4.78, 5) is 12.7. The third-order valence-electron chi connectivity index (χ3n) is 2.55. The highest BCUT2D eigenvalue weighted by molar-refractivity contribution is 9.11. The second kappa shape index (κ2) is 9.17. The lowest BCUT2D eigenvalue weighted by molar-refractivity contribution is 0.112. The molecule has 0 radical (unpaired) electrons. The molecule has 0 aliphatic carbocycles. The van der Waals surface area contributed by atoms with E-state index in [1.54, 1.807) is 0 Å². The molecule has 0 N–H and O–H groups in total. The smallest absolute Gasteiger partial charge is 0.160 e. The lowest BCUT2D eigenvalue weighted by Crippen LogP contribution is -1.82. The summed E-state index contributed by atoms with van der Waals surface area (Å²) in [7, 11) is 0. The van der Waals surface area contributed by atoms with Crippen molar-refractivity contribution in [3.63, 3.8) is 0 Å². The highest BCUT2D eigenvalue weighted by Gasteiger charge is 2.06. The zero-order chi connectivity index (χ0) is 12.5. The van der Waals surface area contributed by atoms with Gasteiger partial charge in [0.1, 0.15) is 0 Å². The maximum absolute atomic E-state index is 10.6. The van der Waals surface area contributed by atoms with Crippen molar-refractivity contribution in [3.05, 3.63) is 14.7 Å². The van der Waals surface area contributed by atoms with Gasteiger partial charge in [0.05, 0.1) is 8.66 Å². The molecule has 1 aromatic rings. The molecule has 96 valence electrons. The van der Waals surface area contributed by atoms with Gasteiger partial charge in [0.25, 0.3) is 0 Å². The van der Waals surface area contributed by atoms with Gasteiger partial charge in [-0.25, -0.2) is 0 Å². The highest BCUT2D eigenvalue weighted by atomic mass is 79.9. The van der Waals surface area contributed by atoms with Gasteiger partial charge in [-0.3, -0.25) is 4.79 Å². The van der Waals surface area contributed by atoms with E-state index in [0.717, 1.165) is 20.7 Å². The predicted molar refractivity (Wildman–Crippen MR) is 81.5 cm³/mol. The molecule has 17 heavy (non-hydrogen) atoms. The number of halogens is 1. The van der Waals surface area contributed by atoms with Crippen LogP contribution in [-0.4, -0.2) is 12.0 Å². The van der Waals surface area contributed by atoms with Gasteiger partial charge >= 0.3 is 0 Å². The van der Waals surface area contributed by atoms with Gasteiger partial charge in [-0.1, -0.05) is 39.0 Å². The maximum atomic E-state index is 10.6. The molecule has 0 unspecified atom stereocenters. The molecule has 0 saturated carbocycles. The quantitative estimate of drug-likeness (QED) is 0.323. The molecule has 1 rings (SSSR count). The van der Waals surface area contributed by atoms with Gasteiger partial charge in [0, 0.05) is 4.90 Å². The minimum absolute atomic E-state index is 0.808. The standard InChI is InChI=1S/C13H19BrOS2/c1-2-3-4-5-6-7-8-16-12-9-11(10-15)17-13(12)14/h9-10H,2-8H2,1H3. The molecule has 0 spiro atoms. The van der Waals surface area contributed by atoms with Crippen LogP contribution in [0.15, 0.2) is 14.7 Å². The SMILES string of the molecule is CCCCCCCCSc1cc(C=O)sc1Br. The molecule has 1 nitrogen and oxygen atoms in total. The largest absolute Gasteiger partial charge is 0.297 e. The molecule has 1 heterocycles. The van der Waals surface area contributed by atoms with Crippen LogP contribution < -0.4 is 0 Å². The minimum atomic E-state index is 0.808. The van der Waals surface area contributed by atoms with Crippen molar-refractivity contribution >= 4 is 45.3 Å². The summed E-state index contributed by atoms with van der Waals surface area (Å²) in [6, 6.07) is 1.98. The van der Waals surface area contributed by atoms with Gasteiger partial charge in [-0.2, -0.15) is 0 Å². The average Bonchev–Trinajstić information content (AvgIpc) is 2.69. The lowest BCUT2D eigenvalue weighted by atomic mass is 10.1. The summed E-state index contributed by atoms with van der Waals surface area (Å²) < 4.78 is 1.09. The summed E-state index contributed by atoms with van der Waals surface area (Å²) in [6.45, 7) is 2.24. The number of aldehydes is 1. The zero-order valence-electron chi connectivity index (χ0n) is 10.2. The van der Waals surface area contributed by atoms with E-state index in [-0.39, 0.29) is 0 Å². The van der Waals surface area contributed by atoms with E-state index in [0.29, 0.717) is 0 Å². The fourth-order valence-corrected chi connectivity index (χ4v) is 4.47. The van der Waals surface area contributed by atoms with Crippen molar-refractivity contribution in [2.24, 2.45) is 0 Å². The maximum Gasteiger partial charge on any atom is 0.160 e. The number of hydrogen-bond acceptors (Lipinski definition) is 3. The van der Waals surface area contributed by atoms with Gasteiger partial charge in [-0.15, -0.1) is 23.1 Å². The van der Waals surface area contributed by atoms with Crippen LogP contribution in [0.1, 0.15) is 55.1 Å². The molecule has 0 amide bonds.